The van der Waals surface area contributed by atoms with Crippen LogP contribution in [0.5, 0.6) is 17.2 Å². The molecule has 0 spiro atoms. The van der Waals surface area contributed by atoms with E-state index in [4.69, 9.17) is 18.7 Å². The first-order valence-corrected chi connectivity index (χ1v) is 9.43. The Morgan fingerprint density at radius 1 is 1.10 bits per heavy atom. The van der Waals surface area contributed by atoms with Crippen LogP contribution in [0.3, 0.4) is 0 Å². The number of carbonyl (C=O) groups excluding carboxylic acids is 1. The van der Waals surface area contributed by atoms with E-state index in [0.717, 1.165) is 5.75 Å². The number of nitrogens with one attached hydrogen (secondary N) is 1. The Kier molecular flexibility index (Phi) is 7.27. The van der Waals surface area contributed by atoms with Crippen LogP contribution in [0.1, 0.15) is 11.3 Å². The number of nitriles is 1. The molecule has 158 valence electrons. The monoisotopic (exact) mass is 419 g/mol. The average molecular weight is 419 g/mol. The quantitative estimate of drug-likeness (QED) is 0.317. The van der Waals surface area contributed by atoms with Gasteiger partial charge in [-0.05, 0) is 42.8 Å². The highest BCUT2D eigenvalue weighted by Gasteiger charge is 2.11. The van der Waals surface area contributed by atoms with E-state index >= 15 is 0 Å². The van der Waals surface area contributed by atoms with E-state index in [0.29, 0.717) is 36.0 Å². The lowest BCUT2D eigenvalue weighted by atomic mass is 10.1. The molecule has 8 nitrogen and oxygen atoms in total. The number of methoxy groups -OCH3 is 1. The Balaban J connectivity index is 1.51. The maximum Gasteiger partial charge on any atom is 0.267 e. The number of hydrogen-bond acceptors (Lipinski definition) is 7. The van der Waals surface area contributed by atoms with Gasteiger partial charge in [-0.25, -0.2) is 0 Å². The minimum Gasteiger partial charge on any atom is -0.497 e. The largest absolute Gasteiger partial charge is 0.497 e. The summed E-state index contributed by atoms with van der Waals surface area (Å²) < 4.78 is 21.3. The molecule has 0 atom stereocenters. The highest BCUT2D eigenvalue weighted by molar-refractivity contribution is 6.09. The Hall–Kier alpha value is -4.25. The van der Waals surface area contributed by atoms with Gasteiger partial charge in [0.05, 0.1) is 7.11 Å². The van der Waals surface area contributed by atoms with Crippen LogP contribution >= 0.6 is 0 Å². The molecule has 2 aromatic carbocycles. The summed E-state index contributed by atoms with van der Waals surface area (Å²) in [6.45, 7) is 2.43. The van der Waals surface area contributed by atoms with Crippen molar-refractivity contribution in [2.24, 2.45) is 0 Å². The molecule has 0 fully saturated rings. The zero-order chi connectivity index (χ0) is 22.1. The Bertz CT molecular complexity index is 1100. The smallest absolute Gasteiger partial charge is 0.267 e. The van der Waals surface area contributed by atoms with Crippen LogP contribution in [-0.2, 0) is 4.79 Å². The molecule has 3 rings (SSSR count). The molecule has 0 aliphatic heterocycles. The Morgan fingerprint density at radius 2 is 1.81 bits per heavy atom. The molecule has 0 aliphatic rings. The van der Waals surface area contributed by atoms with Gasteiger partial charge < -0.3 is 24.1 Å². The molecule has 0 saturated carbocycles. The van der Waals surface area contributed by atoms with Crippen molar-refractivity contribution in [2.75, 3.05) is 25.6 Å². The van der Waals surface area contributed by atoms with E-state index in [1.165, 1.54) is 6.08 Å². The number of hydrogen-bond donors (Lipinski definition) is 1. The Morgan fingerprint density at radius 3 is 2.45 bits per heavy atom. The number of aryl methyl sites for hydroxylation is 1. The predicted octanol–water partition coefficient (Wildman–Crippen LogP) is 4.00. The number of anilines is 1. The number of nitrogens with zero attached hydrogens (tertiary/aromatic N) is 2. The van der Waals surface area contributed by atoms with Crippen LogP contribution in [0.2, 0.25) is 0 Å². The maximum atomic E-state index is 12.2. The fourth-order valence-electron chi connectivity index (χ4n) is 2.59. The fourth-order valence-corrected chi connectivity index (χ4v) is 2.59. The van der Waals surface area contributed by atoms with Gasteiger partial charge in [0.15, 0.2) is 5.82 Å². The second-order valence-corrected chi connectivity index (χ2v) is 6.39. The van der Waals surface area contributed by atoms with Gasteiger partial charge >= 0.3 is 0 Å². The molecule has 0 aliphatic carbocycles. The third kappa shape index (κ3) is 6.37. The third-order valence-corrected chi connectivity index (χ3v) is 4.09. The van der Waals surface area contributed by atoms with E-state index in [1.54, 1.807) is 50.4 Å². The number of ether oxygens (including phenoxy) is 3. The van der Waals surface area contributed by atoms with Gasteiger partial charge in [0.1, 0.15) is 47.9 Å². The molecule has 1 heterocycles. The van der Waals surface area contributed by atoms with Gasteiger partial charge in [0, 0.05) is 12.1 Å². The van der Waals surface area contributed by atoms with Crippen LogP contribution in [0.25, 0.3) is 6.08 Å². The van der Waals surface area contributed by atoms with Crippen molar-refractivity contribution < 1.29 is 23.5 Å². The fraction of sp³-hybridized carbons (Fsp3) is 0.174. The second-order valence-electron chi connectivity index (χ2n) is 6.39. The van der Waals surface area contributed by atoms with E-state index in [9.17, 15) is 10.1 Å². The summed E-state index contributed by atoms with van der Waals surface area (Å²) in [5.74, 6) is 2.32. The lowest BCUT2D eigenvalue weighted by Gasteiger charge is -2.09. The molecular formula is C23H21N3O5. The minimum absolute atomic E-state index is 0.0546. The number of aromatic nitrogens is 1. The molecule has 8 heteroatoms. The topological polar surface area (TPSA) is 107 Å². The van der Waals surface area contributed by atoms with Crippen LogP contribution in [0.4, 0.5) is 5.82 Å². The van der Waals surface area contributed by atoms with Gasteiger partial charge in [-0.15, -0.1) is 0 Å². The first-order chi connectivity index (χ1) is 15.1. The Labute approximate surface area is 179 Å². The third-order valence-electron chi connectivity index (χ3n) is 4.09. The van der Waals surface area contributed by atoms with E-state index in [2.05, 4.69) is 10.5 Å². The van der Waals surface area contributed by atoms with Crippen molar-refractivity contribution in [3.63, 3.8) is 0 Å². The van der Waals surface area contributed by atoms with Gasteiger partial charge in [-0.3, -0.25) is 4.79 Å². The van der Waals surface area contributed by atoms with Crippen molar-refractivity contribution in [3.8, 4) is 23.3 Å². The second kappa shape index (κ2) is 10.5. The molecule has 0 unspecified atom stereocenters. The molecule has 0 saturated heterocycles. The van der Waals surface area contributed by atoms with Crippen LogP contribution < -0.4 is 19.5 Å². The lowest BCUT2D eigenvalue weighted by Crippen LogP contribution is -2.13. The first-order valence-electron chi connectivity index (χ1n) is 9.43. The molecular weight excluding hydrogens is 398 g/mol. The molecule has 0 bridgehead atoms. The van der Waals surface area contributed by atoms with E-state index in [1.807, 2.05) is 24.3 Å². The number of carbonyl (C=O) groups is 1. The van der Waals surface area contributed by atoms with Gasteiger partial charge in [0.25, 0.3) is 5.91 Å². The van der Waals surface area contributed by atoms with Gasteiger partial charge in [0.2, 0.25) is 0 Å². The molecule has 31 heavy (non-hydrogen) atoms. The van der Waals surface area contributed by atoms with Crippen molar-refractivity contribution in [3.05, 3.63) is 71.5 Å². The summed E-state index contributed by atoms with van der Waals surface area (Å²) in [5, 5.41) is 15.5. The highest BCUT2D eigenvalue weighted by Crippen LogP contribution is 2.19. The van der Waals surface area contributed by atoms with E-state index < -0.39 is 5.91 Å². The molecule has 1 amide bonds. The minimum atomic E-state index is -0.564. The van der Waals surface area contributed by atoms with Crippen molar-refractivity contribution in [1.82, 2.24) is 5.16 Å². The van der Waals surface area contributed by atoms with Crippen LogP contribution in [0.15, 0.2) is 64.7 Å². The van der Waals surface area contributed by atoms with Crippen LogP contribution in [0, 0.1) is 18.3 Å². The summed E-state index contributed by atoms with van der Waals surface area (Å²) in [6.07, 6.45) is 1.48. The summed E-state index contributed by atoms with van der Waals surface area (Å²) in [5.41, 5.74) is 0.629. The van der Waals surface area contributed by atoms with Gasteiger partial charge in [-0.1, -0.05) is 23.4 Å². The average Bonchev–Trinajstić information content (AvgIpc) is 3.20. The van der Waals surface area contributed by atoms with Crippen molar-refractivity contribution in [2.45, 2.75) is 6.92 Å². The predicted molar refractivity (Wildman–Crippen MR) is 114 cm³/mol. The number of rotatable bonds is 9. The molecule has 1 N–H and O–H groups in total. The van der Waals surface area contributed by atoms with Crippen molar-refractivity contribution >= 4 is 17.8 Å². The maximum absolute atomic E-state index is 12.2. The molecule has 0 radical (unpaired) electrons. The highest BCUT2D eigenvalue weighted by atomic mass is 16.5. The summed E-state index contributed by atoms with van der Waals surface area (Å²) in [6, 6.07) is 17.8. The number of benzene rings is 2. The normalized spacial score (nSPS) is 10.8. The molecule has 3 aromatic rings. The standard InChI is InChI=1S/C23H21N3O5/c1-16-12-22(26-31-16)25-23(27)18(15-24)13-17-6-8-19(9-7-17)29-10-11-30-21-5-3-4-20(14-21)28-2/h3-9,12-14H,10-11H2,1-2H3,(H,25,26,27)/b18-13-. The summed E-state index contributed by atoms with van der Waals surface area (Å²) in [4.78, 5) is 12.2. The number of amides is 1. The SMILES string of the molecule is COc1cccc(OCCOc2ccc(/C=C(/C#N)C(=O)Nc3cc(C)on3)cc2)c1. The summed E-state index contributed by atoms with van der Waals surface area (Å²) in [7, 11) is 1.60. The molecule has 1 aromatic heterocycles. The zero-order valence-electron chi connectivity index (χ0n) is 17.1. The van der Waals surface area contributed by atoms with E-state index in [-0.39, 0.29) is 11.4 Å². The van der Waals surface area contributed by atoms with Crippen LogP contribution in [-0.4, -0.2) is 31.4 Å². The van der Waals surface area contributed by atoms with Crippen molar-refractivity contribution in [1.29, 1.82) is 5.26 Å². The first kappa shape index (κ1) is 21.5. The van der Waals surface area contributed by atoms with Gasteiger partial charge in [-0.2, -0.15) is 5.26 Å². The summed E-state index contributed by atoms with van der Waals surface area (Å²) >= 11 is 0. The lowest BCUT2D eigenvalue weighted by molar-refractivity contribution is -0.112. The zero-order valence-corrected chi connectivity index (χ0v) is 17.1.